The van der Waals surface area contributed by atoms with Gasteiger partial charge in [-0.3, -0.25) is 4.79 Å². The van der Waals surface area contributed by atoms with Gasteiger partial charge in [0.1, 0.15) is 5.69 Å². The molecule has 1 heterocycles. The van der Waals surface area contributed by atoms with Gasteiger partial charge in [-0.05, 0) is 73.8 Å². The molecule has 1 N–H and O–H groups in total. The van der Waals surface area contributed by atoms with Crippen molar-refractivity contribution in [3.05, 3.63) is 22.5 Å². The summed E-state index contributed by atoms with van der Waals surface area (Å²) < 4.78 is 7.09. The zero-order chi connectivity index (χ0) is 24.2. The molecule has 1 saturated carbocycles. The highest BCUT2D eigenvalue weighted by Gasteiger charge is 2.37. The summed E-state index contributed by atoms with van der Waals surface area (Å²) in [6.07, 6.45) is 5.08. The largest absolute Gasteiger partial charge is 0.461 e. The number of nitrogens with zero attached hydrogens (tertiary/aromatic N) is 2. The third-order valence-electron chi connectivity index (χ3n) is 6.28. The first-order chi connectivity index (χ1) is 14.9. The van der Waals surface area contributed by atoms with Gasteiger partial charge in [-0.2, -0.15) is 0 Å². The highest BCUT2D eigenvalue weighted by atomic mass is 16.5. The molecule has 1 aliphatic carbocycles. The third kappa shape index (κ3) is 5.54. The summed E-state index contributed by atoms with van der Waals surface area (Å²) in [5.74, 6) is -0.552. The molecular weight excluding hydrogens is 406 g/mol. The van der Waals surface area contributed by atoms with Crippen LogP contribution in [0.25, 0.3) is 0 Å². The minimum Gasteiger partial charge on any atom is -0.461 e. The lowest BCUT2D eigenvalue weighted by molar-refractivity contribution is 0.0512. The topological polar surface area (TPSA) is 80.6 Å². The molecule has 7 heteroatoms. The van der Waals surface area contributed by atoms with Crippen molar-refractivity contribution in [2.75, 3.05) is 6.61 Å². The Morgan fingerprint density at radius 1 is 1.12 bits per heavy atom. The van der Waals surface area contributed by atoms with Crippen molar-refractivity contribution in [2.24, 2.45) is 0 Å². The number of hydrogen-bond donors (Lipinski definition) is 1. The summed E-state index contributed by atoms with van der Waals surface area (Å²) in [7, 11) is 0. The maximum atomic E-state index is 13.8. The van der Waals surface area contributed by atoms with Crippen LogP contribution >= 0.6 is 0 Å². The molecule has 0 radical (unpaired) electrons. The van der Waals surface area contributed by atoms with E-state index in [1.807, 2.05) is 46.1 Å². The van der Waals surface area contributed by atoms with Crippen LogP contribution in [0.5, 0.6) is 0 Å². The van der Waals surface area contributed by atoms with Gasteiger partial charge in [-0.25, -0.2) is 9.59 Å². The van der Waals surface area contributed by atoms with Crippen molar-refractivity contribution in [2.45, 2.75) is 112 Å². The first-order valence-corrected chi connectivity index (χ1v) is 12.0. The van der Waals surface area contributed by atoms with Crippen molar-refractivity contribution in [3.8, 4) is 0 Å². The summed E-state index contributed by atoms with van der Waals surface area (Å²) in [4.78, 5) is 41.5. The van der Waals surface area contributed by atoms with Crippen LogP contribution in [0.4, 0.5) is 4.79 Å². The summed E-state index contributed by atoms with van der Waals surface area (Å²) >= 11 is 0. The molecule has 0 aromatic carbocycles. The van der Waals surface area contributed by atoms with E-state index in [2.05, 4.69) is 5.32 Å². The third-order valence-corrected chi connectivity index (χ3v) is 6.28. The molecule has 1 aromatic heterocycles. The van der Waals surface area contributed by atoms with Crippen molar-refractivity contribution >= 4 is 17.8 Å². The van der Waals surface area contributed by atoms with Gasteiger partial charge in [-0.15, -0.1) is 0 Å². The van der Waals surface area contributed by atoms with E-state index >= 15 is 0 Å². The van der Waals surface area contributed by atoms with E-state index in [1.54, 1.807) is 18.7 Å². The molecule has 1 aromatic rings. The number of carbonyl (C=O) groups is 3. The van der Waals surface area contributed by atoms with Crippen LogP contribution < -0.4 is 5.32 Å². The number of nitrogens with one attached hydrogen (secondary N) is 1. The molecule has 1 fully saturated rings. The summed E-state index contributed by atoms with van der Waals surface area (Å²) in [5, 5.41) is 3.05. The molecule has 1 aliphatic rings. The summed E-state index contributed by atoms with van der Waals surface area (Å²) in [6, 6.07) is -0.815. The van der Waals surface area contributed by atoms with E-state index in [0.29, 0.717) is 23.4 Å². The van der Waals surface area contributed by atoms with Crippen LogP contribution in [-0.2, 0) is 11.3 Å². The lowest BCUT2D eigenvalue weighted by Gasteiger charge is -2.39. The Labute approximate surface area is 192 Å². The molecule has 0 saturated heterocycles. The Hall–Kier alpha value is -2.31. The van der Waals surface area contributed by atoms with Crippen molar-refractivity contribution in [1.29, 1.82) is 0 Å². The molecule has 180 valence electrons. The number of Topliss-reactive ketones (excluding diaryl/α,β-unsaturated/α-hetero) is 1. The van der Waals surface area contributed by atoms with Crippen molar-refractivity contribution in [3.63, 3.8) is 0 Å². The Kier molecular flexibility index (Phi) is 8.54. The number of ketones is 1. The molecule has 0 spiro atoms. The number of amides is 2. The van der Waals surface area contributed by atoms with Gasteiger partial charge in [0, 0.05) is 29.4 Å². The maximum Gasteiger partial charge on any atom is 0.355 e. The molecular formula is C25H41N3O4. The second-order valence-corrected chi connectivity index (χ2v) is 9.82. The Morgan fingerprint density at radius 3 is 2.22 bits per heavy atom. The molecule has 32 heavy (non-hydrogen) atoms. The molecule has 1 atom stereocenters. The normalized spacial score (nSPS) is 15.9. The van der Waals surface area contributed by atoms with Crippen molar-refractivity contribution < 1.29 is 19.1 Å². The number of ether oxygens (including phenoxy) is 1. The quantitative estimate of drug-likeness (QED) is 0.470. The number of rotatable bonds is 7. The average molecular weight is 448 g/mol. The predicted molar refractivity (Wildman–Crippen MR) is 126 cm³/mol. The second kappa shape index (κ2) is 10.5. The molecule has 0 aliphatic heterocycles. The highest BCUT2D eigenvalue weighted by Crippen LogP contribution is 2.29. The molecule has 2 rings (SSSR count). The molecule has 0 bridgehead atoms. The zero-order valence-corrected chi connectivity index (χ0v) is 21.1. The minimum atomic E-state index is -0.638. The van der Waals surface area contributed by atoms with Gasteiger partial charge < -0.3 is 19.5 Å². The first-order valence-electron chi connectivity index (χ1n) is 12.0. The van der Waals surface area contributed by atoms with Crippen LogP contribution in [0.3, 0.4) is 0 Å². The van der Waals surface area contributed by atoms with E-state index in [9.17, 15) is 14.4 Å². The Bertz CT molecular complexity index is 844. The fourth-order valence-electron chi connectivity index (χ4n) is 4.85. The Balaban J connectivity index is 2.48. The van der Waals surface area contributed by atoms with Crippen molar-refractivity contribution in [1.82, 2.24) is 14.8 Å². The summed E-state index contributed by atoms with van der Waals surface area (Å²) in [5.41, 5.74) is 1.91. The monoisotopic (exact) mass is 447 g/mol. The fourth-order valence-corrected chi connectivity index (χ4v) is 4.85. The molecule has 2 amide bonds. The van der Waals surface area contributed by atoms with Crippen LogP contribution in [-0.4, -0.2) is 51.5 Å². The smallest absolute Gasteiger partial charge is 0.355 e. The maximum absolute atomic E-state index is 13.8. The van der Waals surface area contributed by atoms with Gasteiger partial charge in [0.2, 0.25) is 0 Å². The summed E-state index contributed by atoms with van der Waals surface area (Å²) in [6.45, 7) is 15.8. The van der Waals surface area contributed by atoms with E-state index in [0.717, 1.165) is 37.8 Å². The van der Waals surface area contributed by atoms with Gasteiger partial charge >= 0.3 is 12.0 Å². The SMILES string of the molecule is CCOC(=O)c1c(C)c(C(=O)C(C)N(C(=O)NC(C)(C)C)C2CCCCC2)c(C)n1CC. The lowest BCUT2D eigenvalue weighted by Crippen LogP contribution is -2.57. The van der Waals surface area contributed by atoms with Crippen LogP contribution in [0.15, 0.2) is 0 Å². The first kappa shape index (κ1) is 25.9. The zero-order valence-electron chi connectivity index (χ0n) is 21.1. The van der Waals surface area contributed by atoms with Gasteiger partial charge in [0.15, 0.2) is 5.78 Å². The highest BCUT2D eigenvalue weighted by molar-refractivity contribution is 6.06. The number of aromatic nitrogens is 1. The van der Waals surface area contributed by atoms with Gasteiger partial charge in [-0.1, -0.05) is 19.3 Å². The van der Waals surface area contributed by atoms with Crippen LogP contribution in [0.1, 0.15) is 106 Å². The minimum absolute atomic E-state index is 0.0310. The standard InChI is InChI=1S/C25H41N3O4/c1-9-27-17(4)20(16(3)21(27)23(30)32-10-2)22(29)18(5)28(19-14-12-11-13-15-19)24(31)26-25(6,7)8/h18-19H,9-15H2,1-8H3,(H,26,31). The molecule has 7 nitrogen and oxygen atoms in total. The van der Waals surface area contributed by atoms with Gasteiger partial charge in [0.05, 0.1) is 12.6 Å². The Morgan fingerprint density at radius 2 is 1.72 bits per heavy atom. The number of esters is 1. The van der Waals surface area contributed by atoms with Gasteiger partial charge in [0.25, 0.3) is 0 Å². The van der Waals surface area contributed by atoms with E-state index < -0.39 is 17.6 Å². The van der Waals surface area contributed by atoms with Crippen LogP contribution in [0, 0.1) is 13.8 Å². The average Bonchev–Trinajstić information content (AvgIpc) is 2.96. The number of urea groups is 1. The van der Waals surface area contributed by atoms with E-state index in [-0.39, 0.29) is 24.5 Å². The molecule has 1 unspecified atom stereocenters. The number of hydrogen-bond acceptors (Lipinski definition) is 4. The predicted octanol–water partition coefficient (Wildman–Crippen LogP) is 5.02. The van der Waals surface area contributed by atoms with E-state index in [4.69, 9.17) is 4.74 Å². The number of carbonyl (C=O) groups excluding carboxylic acids is 3. The van der Waals surface area contributed by atoms with Crippen LogP contribution in [0.2, 0.25) is 0 Å². The second-order valence-electron chi connectivity index (χ2n) is 9.82. The lowest BCUT2D eigenvalue weighted by atomic mass is 9.91. The fraction of sp³-hybridized carbons (Fsp3) is 0.720. The van der Waals surface area contributed by atoms with E-state index in [1.165, 1.54) is 0 Å².